The van der Waals surface area contributed by atoms with E-state index in [0.29, 0.717) is 0 Å². The zero-order valence-corrected chi connectivity index (χ0v) is 7.50. The lowest BCUT2D eigenvalue weighted by atomic mass is 10.2. The topological polar surface area (TPSA) is 60.8 Å². The number of allylic oxidation sites excluding steroid dienone is 5. The van der Waals surface area contributed by atoms with E-state index in [2.05, 4.69) is 47.6 Å². The number of fused-ring (bicyclic) bond motifs is 1. The Bertz CT molecular complexity index is 322. The highest BCUT2D eigenvalue weighted by molar-refractivity contribution is 5.53. The third kappa shape index (κ3) is 3.18. The van der Waals surface area contributed by atoms with Gasteiger partial charge in [-0.1, -0.05) is 18.2 Å². The quantitative estimate of drug-likeness (QED) is 0.618. The first kappa shape index (κ1) is 10.1. The van der Waals surface area contributed by atoms with Crippen LogP contribution in [0.5, 0.6) is 0 Å². The molecule has 0 bridgehead atoms. The zero-order valence-electron chi connectivity index (χ0n) is 7.50. The summed E-state index contributed by atoms with van der Waals surface area (Å²) >= 11 is 0. The van der Waals surface area contributed by atoms with E-state index in [1.807, 2.05) is 0 Å². The van der Waals surface area contributed by atoms with Crippen LogP contribution in [0, 0.1) is 0 Å². The molecule has 0 radical (unpaired) electrons. The van der Waals surface area contributed by atoms with Gasteiger partial charge in [-0.25, -0.2) is 4.79 Å². The van der Waals surface area contributed by atoms with Crippen molar-refractivity contribution in [3.63, 3.8) is 0 Å². The summed E-state index contributed by atoms with van der Waals surface area (Å²) in [6, 6.07) is 0. The fraction of sp³-hybridized carbons (Fsp3) is 0.100. The minimum absolute atomic E-state index is 1.01. The first-order valence-electron chi connectivity index (χ1n) is 4.10. The van der Waals surface area contributed by atoms with Crippen molar-refractivity contribution in [1.29, 1.82) is 0 Å². The molecule has 0 saturated heterocycles. The normalized spacial score (nSPS) is 16.6. The van der Waals surface area contributed by atoms with Gasteiger partial charge in [0.1, 0.15) is 0 Å². The summed E-state index contributed by atoms with van der Waals surface area (Å²) in [4.78, 5) is 10.8. The van der Waals surface area contributed by atoms with E-state index in [9.17, 15) is 0 Å². The molecule has 74 valence electrons. The smallest absolute Gasteiger partial charge is 0.450 e. The fourth-order valence-corrected chi connectivity index (χ4v) is 1.15. The number of carbonyl (C=O) groups is 1. The van der Waals surface area contributed by atoms with Crippen LogP contribution in [-0.4, -0.2) is 27.8 Å². The SMILES string of the molecule is C1=CCN2C=CC=CC2=C1.O=C(O)O. The number of carboxylic acid groups (broad SMARTS) is 2. The molecular formula is C10H11NO3. The molecular weight excluding hydrogens is 182 g/mol. The average molecular weight is 193 g/mol. The zero-order chi connectivity index (χ0) is 10.4. The van der Waals surface area contributed by atoms with Gasteiger partial charge in [0.15, 0.2) is 0 Å². The van der Waals surface area contributed by atoms with Gasteiger partial charge in [0.2, 0.25) is 0 Å². The lowest BCUT2D eigenvalue weighted by Gasteiger charge is -2.23. The van der Waals surface area contributed by atoms with E-state index >= 15 is 0 Å². The summed E-state index contributed by atoms with van der Waals surface area (Å²) in [6.07, 6.45) is 12.8. The Morgan fingerprint density at radius 3 is 2.64 bits per heavy atom. The molecule has 0 fully saturated rings. The number of hydrogen-bond donors (Lipinski definition) is 2. The van der Waals surface area contributed by atoms with Crippen LogP contribution in [0.15, 0.2) is 48.4 Å². The Kier molecular flexibility index (Phi) is 3.55. The van der Waals surface area contributed by atoms with Crippen molar-refractivity contribution in [2.45, 2.75) is 0 Å². The molecule has 0 unspecified atom stereocenters. The van der Waals surface area contributed by atoms with E-state index in [1.54, 1.807) is 0 Å². The third-order valence-corrected chi connectivity index (χ3v) is 1.68. The summed E-state index contributed by atoms with van der Waals surface area (Å²) in [5, 5.41) is 13.9. The van der Waals surface area contributed by atoms with Gasteiger partial charge in [-0.05, 0) is 18.2 Å². The summed E-state index contributed by atoms with van der Waals surface area (Å²) in [5.74, 6) is 0. The molecule has 14 heavy (non-hydrogen) atoms. The Balaban J connectivity index is 0.000000213. The second-order valence-electron chi connectivity index (χ2n) is 2.66. The van der Waals surface area contributed by atoms with Crippen molar-refractivity contribution >= 4 is 6.16 Å². The Hall–Kier alpha value is -1.97. The predicted octanol–water partition coefficient (Wildman–Crippen LogP) is 2.05. The van der Waals surface area contributed by atoms with E-state index in [-0.39, 0.29) is 0 Å². The van der Waals surface area contributed by atoms with Crippen LogP contribution >= 0.6 is 0 Å². The molecule has 4 nitrogen and oxygen atoms in total. The maximum absolute atomic E-state index is 8.56. The van der Waals surface area contributed by atoms with Gasteiger partial charge >= 0.3 is 6.16 Å². The molecule has 2 heterocycles. The molecule has 2 aliphatic rings. The Morgan fingerprint density at radius 2 is 2.00 bits per heavy atom. The van der Waals surface area contributed by atoms with Crippen molar-refractivity contribution < 1.29 is 15.0 Å². The lowest BCUT2D eigenvalue weighted by Crippen LogP contribution is -2.18. The molecule has 0 saturated carbocycles. The van der Waals surface area contributed by atoms with Gasteiger partial charge < -0.3 is 15.1 Å². The molecule has 2 N–H and O–H groups in total. The van der Waals surface area contributed by atoms with E-state index in [4.69, 9.17) is 15.0 Å². The lowest BCUT2D eigenvalue weighted by molar-refractivity contribution is 0.137. The highest BCUT2D eigenvalue weighted by Gasteiger charge is 2.05. The predicted molar refractivity (Wildman–Crippen MR) is 52.9 cm³/mol. The van der Waals surface area contributed by atoms with Gasteiger partial charge in [-0.2, -0.15) is 0 Å². The van der Waals surface area contributed by atoms with Crippen molar-refractivity contribution in [3.05, 3.63) is 48.4 Å². The van der Waals surface area contributed by atoms with Crippen molar-refractivity contribution in [3.8, 4) is 0 Å². The standard InChI is InChI=1S/C9H9N.CH2O3/c1-3-7-10-8-4-2-6-9(10)5-1;2-1(3)4/h1-7H,8H2;(H2,2,3,4). The highest BCUT2D eigenvalue weighted by Crippen LogP contribution is 2.14. The van der Waals surface area contributed by atoms with Crippen LogP contribution in [-0.2, 0) is 0 Å². The molecule has 0 amide bonds. The van der Waals surface area contributed by atoms with Crippen LogP contribution < -0.4 is 0 Å². The molecule has 0 spiro atoms. The van der Waals surface area contributed by atoms with Crippen molar-refractivity contribution in [2.75, 3.05) is 6.54 Å². The summed E-state index contributed by atoms with van der Waals surface area (Å²) < 4.78 is 0. The minimum Gasteiger partial charge on any atom is -0.450 e. The number of nitrogens with zero attached hydrogens (tertiary/aromatic N) is 1. The summed E-state index contributed by atoms with van der Waals surface area (Å²) in [7, 11) is 0. The van der Waals surface area contributed by atoms with Gasteiger partial charge in [0, 0.05) is 18.4 Å². The largest absolute Gasteiger partial charge is 0.503 e. The van der Waals surface area contributed by atoms with Crippen LogP contribution in [0.4, 0.5) is 4.79 Å². The van der Waals surface area contributed by atoms with Gasteiger partial charge in [-0.15, -0.1) is 0 Å². The maximum atomic E-state index is 8.56. The van der Waals surface area contributed by atoms with Crippen LogP contribution in [0.2, 0.25) is 0 Å². The molecule has 0 aromatic carbocycles. The van der Waals surface area contributed by atoms with Gasteiger partial charge in [0.05, 0.1) is 0 Å². The molecule has 4 heteroatoms. The molecule has 0 aromatic heterocycles. The highest BCUT2D eigenvalue weighted by atomic mass is 16.6. The first-order valence-corrected chi connectivity index (χ1v) is 4.10. The minimum atomic E-state index is -1.83. The van der Waals surface area contributed by atoms with Crippen LogP contribution in [0.3, 0.4) is 0 Å². The van der Waals surface area contributed by atoms with E-state index in [1.165, 1.54) is 5.70 Å². The molecule has 0 aromatic rings. The molecule has 0 atom stereocenters. The average Bonchev–Trinajstić information content (AvgIpc) is 2.17. The maximum Gasteiger partial charge on any atom is 0.503 e. The fourth-order valence-electron chi connectivity index (χ4n) is 1.15. The first-order chi connectivity index (χ1) is 6.70. The number of hydrogen-bond acceptors (Lipinski definition) is 2. The van der Waals surface area contributed by atoms with Gasteiger partial charge in [0.25, 0.3) is 0 Å². The third-order valence-electron chi connectivity index (χ3n) is 1.68. The van der Waals surface area contributed by atoms with Crippen molar-refractivity contribution in [2.24, 2.45) is 0 Å². The van der Waals surface area contributed by atoms with Crippen LogP contribution in [0.1, 0.15) is 0 Å². The summed E-state index contributed by atoms with van der Waals surface area (Å²) in [6.45, 7) is 1.01. The number of rotatable bonds is 0. The monoisotopic (exact) mass is 193 g/mol. The van der Waals surface area contributed by atoms with E-state index in [0.717, 1.165) is 6.54 Å². The van der Waals surface area contributed by atoms with E-state index < -0.39 is 6.16 Å². The Labute approximate surface area is 81.8 Å². The molecule has 2 rings (SSSR count). The second-order valence-corrected chi connectivity index (χ2v) is 2.66. The molecule has 0 aliphatic carbocycles. The Morgan fingerprint density at radius 1 is 1.29 bits per heavy atom. The second kappa shape index (κ2) is 4.91. The van der Waals surface area contributed by atoms with Gasteiger partial charge in [-0.3, -0.25) is 0 Å². The molecule has 2 aliphatic heterocycles. The van der Waals surface area contributed by atoms with Crippen LogP contribution in [0.25, 0.3) is 0 Å². The van der Waals surface area contributed by atoms with Crippen molar-refractivity contribution in [1.82, 2.24) is 4.90 Å². The summed E-state index contributed by atoms with van der Waals surface area (Å²) in [5.41, 5.74) is 1.28.